The summed E-state index contributed by atoms with van der Waals surface area (Å²) in [7, 11) is 0. The molecule has 1 aliphatic carbocycles. The van der Waals surface area contributed by atoms with Crippen LogP contribution in [0, 0.1) is 11.7 Å². The maximum atomic E-state index is 13.5. The standard InChI is InChI=1S/C35H36ClFN6OS/c36-30-20-28(5-7-31(30)44-22-26-2-1-3-27(37)18-26)41-34-33-29-6-4-24(19-32(29)45-35(33)40-23-39-34)10-13-42-14-16-43(17-15-42)21-25-8-11-38-12-9-25/h1-3,5,7-9,11-12,18,20,23-24H,4,6,10,13-17,19,21-22H2,(H,39,40,41). The van der Waals surface area contributed by atoms with Gasteiger partial charge in [0.25, 0.3) is 0 Å². The molecule has 0 amide bonds. The van der Waals surface area contributed by atoms with Crippen molar-refractivity contribution in [3.05, 3.63) is 106 Å². The topological polar surface area (TPSA) is 66.4 Å². The van der Waals surface area contributed by atoms with Crippen molar-refractivity contribution < 1.29 is 9.13 Å². The van der Waals surface area contributed by atoms with Crippen LogP contribution >= 0.6 is 22.9 Å². The van der Waals surface area contributed by atoms with E-state index in [0.29, 0.717) is 16.7 Å². The van der Waals surface area contributed by atoms with E-state index in [0.717, 1.165) is 72.9 Å². The molecule has 1 atom stereocenters. The molecule has 232 valence electrons. The molecule has 1 aliphatic heterocycles. The molecule has 0 spiro atoms. The Labute approximate surface area is 272 Å². The van der Waals surface area contributed by atoms with E-state index < -0.39 is 0 Å². The molecule has 3 aromatic heterocycles. The molecule has 2 aliphatic rings. The minimum Gasteiger partial charge on any atom is -0.487 e. The summed E-state index contributed by atoms with van der Waals surface area (Å²) in [4.78, 5) is 21.1. The Hall–Kier alpha value is -3.63. The molecule has 7 nitrogen and oxygen atoms in total. The molecule has 2 aromatic carbocycles. The first-order valence-corrected chi connectivity index (χ1v) is 16.8. The summed E-state index contributed by atoms with van der Waals surface area (Å²) in [6, 6.07) is 16.2. The molecular formula is C35H36ClFN6OS. The maximum absolute atomic E-state index is 13.5. The van der Waals surface area contributed by atoms with Gasteiger partial charge in [0.2, 0.25) is 0 Å². The third kappa shape index (κ3) is 7.28. The fourth-order valence-electron chi connectivity index (χ4n) is 6.42. The van der Waals surface area contributed by atoms with Gasteiger partial charge in [-0.25, -0.2) is 14.4 Å². The van der Waals surface area contributed by atoms with E-state index in [2.05, 4.69) is 42.2 Å². The van der Waals surface area contributed by atoms with Crippen molar-refractivity contribution in [2.45, 2.75) is 38.8 Å². The Kier molecular flexibility index (Phi) is 9.21. The van der Waals surface area contributed by atoms with Crippen LogP contribution in [0.15, 0.2) is 73.3 Å². The van der Waals surface area contributed by atoms with E-state index in [4.69, 9.17) is 16.3 Å². The predicted molar refractivity (Wildman–Crippen MR) is 179 cm³/mol. The average molecular weight is 643 g/mol. The lowest BCUT2D eigenvalue weighted by atomic mass is 9.85. The zero-order chi connectivity index (χ0) is 30.6. The summed E-state index contributed by atoms with van der Waals surface area (Å²) in [5.74, 6) is 1.77. The van der Waals surface area contributed by atoms with Gasteiger partial charge in [0.1, 0.15) is 35.1 Å². The van der Waals surface area contributed by atoms with Crippen LogP contribution in [0.2, 0.25) is 5.02 Å². The summed E-state index contributed by atoms with van der Waals surface area (Å²) >= 11 is 8.38. The summed E-state index contributed by atoms with van der Waals surface area (Å²) in [5, 5.41) is 5.09. The lowest BCUT2D eigenvalue weighted by Crippen LogP contribution is -2.46. The molecule has 4 heterocycles. The van der Waals surface area contributed by atoms with Crippen molar-refractivity contribution in [3.63, 3.8) is 0 Å². The van der Waals surface area contributed by atoms with Crippen molar-refractivity contribution in [2.75, 3.05) is 38.0 Å². The summed E-state index contributed by atoms with van der Waals surface area (Å²) in [6.45, 7) is 6.95. The van der Waals surface area contributed by atoms with Crippen molar-refractivity contribution in [2.24, 2.45) is 5.92 Å². The molecule has 1 saturated heterocycles. The number of hydrogen-bond acceptors (Lipinski definition) is 8. The van der Waals surface area contributed by atoms with Crippen molar-refractivity contribution >= 4 is 44.7 Å². The number of aryl methyl sites for hydroxylation is 1. The van der Waals surface area contributed by atoms with Gasteiger partial charge in [-0.05, 0) is 97.3 Å². The number of anilines is 2. The number of ether oxygens (including phenoxy) is 1. The minimum absolute atomic E-state index is 0.239. The normalized spacial score (nSPS) is 17.3. The first kappa shape index (κ1) is 30.0. The maximum Gasteiger partial charge on any atom is 0.142 e. The lowest BCUT2D eigenvalue weighted by Gasteiger charge is -2.35. The summed E-state index contributed by atoms with van der Waals surface area (Å²) in [6.07, 6.45) is 9.99. The third-order valence-corrected chi connectivity index (χ3v) is 10.4. The predicted octanol–water partition coefficient (Wildman–Crippen LogP) is 7.51. The molecule has 1 N–H and O–H groups in total. The zero-order valence-electron chi connectivity index (χ0n) is 25.1. The highest BCUT2D eigenvalue weighted by atomic mass is 35.5. The quantitative estimate of drug-likeness (QED) is 0.169. The smallest absolute Gasteiger partial charge is 0.142 e. The molecule has 5 aromatic rings. The fraction of sp³-hybridized carbons (Fsp3) is 0.343. The van der Waals surface area contributed by atoms with Crippen LogP contribution in [0.1, 0.15) is 34.4 Å². The van der Waals surface area contributed by atoms with Crippen LogP contribution in [-0.2, 0) is 26.0 Å². The van der Waals surface area contributed by atoms with Gasteiger partial charge in [0, 0.05) is 55.7 Å². The molecule has 0 saturated carbocycles. The number of benzene rings is 2. The number of hydrogen-bond donors (Lipinski definition) is 1. The number of pyridine rings is 1. The molecule has 1 unspecified atom stereocenters. The van der Waals surface area contributed by atoms with Crippen LogP contribution in [0.3, 0.4) is 0 Å². The molecule has 0 bridgehead atoms. The average Bonchev–Trinajstić information content (AvgIpc) is 3.43. The molecule has 7 rings (SSSR count). The molecular weight excluding hydrogens is 607 g/mol. The monoisotopic (exact) mass is 642 g/mol. The van der Waals surface area contributed by atoms with Crippen LogP contribution < -0.4 is 10.1 Å². The second kappa shape index (κ2) is 13.8. The molecule has 45 heavy (non-hydrogen) atoms. The first-order valence-electron chi connectivity index (χ1n) is 15.6. The van der Waals surface area contributed by atoms with Gasteiger partial charge in [-0.1, -0.05) is 23.7 Å². The second-order valence-electron chi connectivity index (χ2n) is 12.0. The highest BCUT2D eigenvalue weighted by Gasteiger charge is 2.26. The van der Waals surface area contributed by atoms with Gasteiger partial charge >= 0.3 is 0 Å². The van der Waals surface area contributed by atoms with Gasteiger partial charge in [-0.15, -0.1) is 11.3 Å². The van der Waals surface area contributed by atoms with Crippen molar-refractivity contribution in [1.29, 1.82) is 0 Å². The molecule has 1 fully saturated rings. The van der Waals surface area contributed by atoms with E-state index in [9.17, 15) is 4.39 Å². The Morgan fingerprint density at radius 2 is 1.82 bits per heavy atom. The van der Waals surface area contributed by atoms with Crippen LogP contribution in [0.5, 0.6) is 5.75 Å². The summed E-state index contributed by atoms with van der Waals surface area (Å²) < 4.78 is 19.4. The number of thiophene rings is 1. The van der Waals surface area contributed by atoms with E-state index >= 15 is 0 Å². The van der Waals surface area contributed by atoms with Crippen molar-refractivity contribution in [3.8, 4) is 5.75 Å². The highest BCUT2D eigenvalue weighted by Crippen LogP contribution is 2.41. The van der Waals surface area contributed by atoms with E-state index in [1.807, 2.05) is 48.0 Å². The lowest BCUT2D eigenvalue weighted by molar-refractivity contribution is 0.121. The summed E-state index contributed by atoms with van der Waals surface area (Å²) in [5.41, 5.74) is 4.30. The van der Waals surface area contributed by atoms with Crippen LogP contribution in [0.4, 0.5) is 15.9 Å². The highest BCUT2D eigenvalue weighted by molar-refractivity contribution is 7.19. The second-order valence-corrected chi connectivity index (χ2v) is 13.5. The van der Waals surface area contributed by atoms with E-state index in [-0.39, 0.29) is 12.4 Å². The van der Waals surface area contributed by atoms with Crippen LogP contribution in [0.25, 0.3) is 10.2 Å². The van der Waals surface area contributed by atoms with E-state index in [1.54, 1.807) is 12.4 Å². The number of aromatic nitrogens is 3. The zero-order valence-corrected chi connectivity index (χ0v) is 26.7. The number of nitrogens with zero attached hydrogens (tertiary/aromatic N) is 5. The number of halogens is 2. The fourth-order valence-corrected chi connectivity index (χ4v) is 7.96. The van der Waals surface area contributed by atoms with E-state index in [1.165, 1.54) is 47.5 Å². The van der Waals surface area contributed by atoms with Gasteiger partial charge in [0.05, 0.1) is 10.4 Å². The SMILES string of the molecule is Fc1cccc(COc2ccc(Nc3ncnc4sc5c(c34)CCC(CCN3CCN(Cc4ccncc4)CC3)C5)cc2Cl)c1. The van der Waals surface area contributed by atoms with Gasteiger partial charge in [-0.2, -0.15) is 0 Å². The Morgan fingerprint density at radius 3 is 2.64 bits per heavy atom. The third-order valence-electron chi connectivity index (χ3n) is 8.90. The first-order chi connectivity index (χ1) is 22.1. The van der Waals surface area contributed by atoms with Gasteiger partial charge in [-0.3, -0.25) is 9.88 Å². The Balaban J connectivity index is 0.948. The molecule has 0 radical (unpaired) electrons. The minimum atomic E-state index is -0.286. The Morgan fingerprint density at radius 1 is 0.978 bits per heavy atom. The number of nitrogens with one attached hydrogen (secondary N) is 1. The van der Waals surface area contributed by atoms with Gasteiger partial charge in [0.15, 0.2) is 0 Å². The van der Waals surface area contributed by atoms with Crippen molar-refractivity contribution in [1.82, 2.24) is 24.8 Å². The van der Waals surface area contributed by atoms with Gasteiger partial charge < -0.3 is 15.0 Å². The Bertz CT molecular complexity index is 1760. The largest absolute Gasteiger partial charge is 0.487 e. The van der Waals surface area contributed by atoms with Crippen LogP contribution in [-0.4, -0.2) is 57.5 Å². The number of rotatable bonds is 10. The number of fused-ring (bicyclic) bond motifs is 3. The number of piperazine rings is 1. The molecule has 10 heteroatoms.